The molecule has 18 heavy (non-hydrogen) atoms. The molecule has 0 aliphatic rings. The number of rotatable bonds is 5. The first kappa shape index (κ1) is 14.2. The second kappa shape index (κ2) is 6.80. The molecule has 1 N–H and O–H groups in total. The Balaban J connectivity index is 1.80. The van der Waals surface area contributed by atoms with Gasteiger partial charge in [-0.25, -0.2) is 4.39 Å². The van der Waals surface area contributed by atoms with Crippen LogP contribution in [0.15, 0.2) is 38.6 Å². The lowest BCUT2D eigenvalue weighted by atomic mass is 10.2. The number of thiophene rings is 1. The van der Waals surface area contributed by atoms with Gasteiger partial charge in [0.05, 0.1) is 3.79 Å². The number of nitrogens with one attached hydrogen (secondary N) is 1. The van der Waals surface area contributed by atoms with Crippen LogP contribution in [-0.4, -0.2) is 6.54 Å². The molecule has 2 aromatic rings. The van der Waals surface area contributed by atoms with Crippen LogP contribution in [0.4, 0.5) is 4.39 Å². The van der Waals surface area contributed by atoms with Gasteiger partial charge in [-0.3, -0.25) is 0 Å². The Bertz CT molecular complexity index is 527. The molecule has 1 aromatic carbocycles. The molecular formula is C13H12Br2FNS. The van der Waals surface area contributed by atoms with Crippen LogP contribution in [0.25, 0.3) is 0 Å². The highest BCUT2D eigenvalue weighted by molar-refractivity contribution is 9.11. The zero-order valence-corrected chi connectivity index (χ0v) is 13.5. The average molecular weight is 393 g/mol. The molecule has 0 fully saturated rings. The van der Waals surface area contributed by atoms with Gasteiger partial charge in [0, 0.05) is 28.0 Å². The standard InChI is InChI=1S/C13H12Br2FNS/c14-10-1-3-12(16)9(7-10)8-17-6-5-11-2-4-13(15)18-11/h1-4,7,17H,5-6,8H2. The van der Waals surface area contributed by atoms with Crippen LogP contribution in [0.2, 0.25) is 0 Å². The van der Waals surface area contributed by atoms with E-state index in [2.05, 4.69) is 43.2 Å². The molecule has 2 rings (SSSR count). The van der Waals surface area contributed by atoms with Crippen molar-refractivity contribution in [2.45, 2.75) is 13.0 Å². The second-order valence-electron chi connectivity index (χ2n) is 3.87. The molecule has 0 unspecified atom stereocenters. The quantitative estimate of drug-likeness (QED) is 0.724. The summed E-state index contributed by atoms with van der Waals surface area (Å²) in [7, 11) is 0. The predicted octanol–water partition coefficient (Wildman–Crippen LogP) is 4.74. The SMILES string of the molecule is Fc1ccc(Br)cc1CNCCc1ccc(Br)s1. The van der Waals surface area contributed by atoms with Crippen LogP contribution in [0, 0.1) is 5.82 Å². The topological polar surface area (TPSA) is 12.0 Å². The molecule has 1 heterocycles. The smallest absolute Gasteiger partial charge is 0.127 e. The summed E-state index contributed by atoms with van der Waals surface area (Å²) in [6.07, 6.45) is 0.964. The Hall–Kier alpha value is -0.230. The Labute approximate surface area is 127 Å². The van der Waals surface area contributed by atoms with Crippen molar-refractivity contribution in [3.05, 3.63) is 54.8 Å². The number of halogens is 3. The molecule has 96 valence electrons. The first-order valence-electron chi connectivity index (χ1n) is 5.54. The van der Waals surface area contributed by atoms with Gasteiger partial charge in [-0.15, -0.1) is 11.3 Å². The maximum absolute atomic E-state index is 13.5. The van der Waals surface area contributed by atoms with Crippen molar-refractivity contribution in [2.75, 3.05) is 6.54 Å². The Kier molecular flexibility index (Phi) is 5.36. The minimum Gasteiger partial charge on any atom is -0.312 e. The summed E-state index contributed by atoms with van der Waals surface area (Å²) in [5.41, 5.74) is 0.691. The van der Waals surface area contributed by atoms with Crippen molar-refractivity contribution in [1.82, 2.24) is 5.32 Å². The average Bonchev–Trinajstić information content (AvgIpc) is 2.75. The zero-order chi connectivity index (χ0) is 13.0. The van der Waals surface area contributed by atoms with E-state index in [1.54, 1.807) is 17.4 Å². The highest BCUT2D eigenvalue weighted by Gasteiger charge is 2.02. The van der Waals surface area contributed by atoms with E-state index in [1.165, 1.54) is 10.9 Å². The Morgan fingerprint density at radius 1 is 1.17 bits per heavy atom. The third kappa shape index (κ3) is 4.16. The van der Waals surface area contributed by atoms with Crippen molar-refractivity contribution in [1.29, 1.82) is 0 Å². The lowest BCUT2D eigenvalue weighted by Gasteiger charge is -2.06. The predicted molar refractivity (Wildman–Crippen MR) is 81.5 cm³/mol. The van der Waals surface area contributed by atoms with Gasteiger partial charge in [-0.05, 0) is 52.7 Å². The number of hydrogen-bond donors (Lipinski definition) is 1. The van der Waals surface area contributed by atoms with Gasteiger partial charge >= 0.3 is 0 Å². The van der Waals surface area contributed by atoms with Crippen LogP contribution < -0.4 is 5.32 Å². The fraction of sp³-hybridized carbons (Fsp3) is 0.231. The van der Waals surface area contributed by atoms with E-state index in [9.17, 15) is 4.39 Å². The van der Waals surface area contributed by atoms with Crippen LogP contribution >= 0.6 is 43.2 Å². The molecule has 1 aromatic heterocycles. The minimum absolute atomic E-state index is 0.162. The second-order valence-corrected chi connectivity index (χ2v) is 7.33. The lowest BCUT2D eigenvalue weighted by molar-refractivity contribution is 0.588. The lowest BCUT2D eigenvalue weighted by Crippen LogP contribution is -2.17. The fourth-order valence-electron chi connectivity index (χ4n) is 1.60. The fourth-order valence-corrected chi connectivity index (χ4v) is 3.49. The molecule has 0 saturated heterocycles. The molecule has 1 nitrogen and oxygen atoms in total. The van der Waals surface area contributed by atoms with Crippen LogP contribution in [0.3, 0.4) is 0 Å². The summed E-state index contributed by atoms with van der Waals surface area (Å²) in [5, 5.41) is 3.26. The molecule has 0 amide bonds. The molecular weight excluding hydrogens is 381 g/mol. The first-order chi connectivity index (χ1) is 8.65. The highest BCUT2D eigenvalue weighted by atomic mass is 79.9. The van der Waals surface area contributed by atoms with Crippen molar-refractivity contribution in [3.8, 4) is 0 Å². The molecule has 0 atom stereocenters. The van der Waals surface area contributed by atoms with E-state index in [0.717, 1.165) is 21.2 Å². The van der Waals surface area contributed by atoms with Gasteiger partial charge in [0.2, 0.25) is 0 Å². The maximum atomic E-state index is 13.5. The molecule has 0 bridgehead atoms. The summed E-state index contributed by atoms with van der Waals surface area (Å²) in [5.74, 6) is -0.162. The number of benzene rings is 1. The molecule has 0 aliphatic heterocycles. The summed E-state index contributed by atoms with van der Waals surface area (Å²) >= 11 is 8.52. The monoisotopic (exact) mass is 391 g/mol. The minimum atomic E-state index is -0.162. The maximum Gasteiger partial charge on any atom is 0.127 e. The van der Waals surface area contributed by atoms with E-state index < -0.39 is 0 Å². The molecule has 0 spiro atoms. The van der Waals surface area contributed by atoms with Gasteiger partial charge in [-0.1, -0.05) is 15.9 Å². The van der Waals surface area contributed by atoms with Crippen LogP contribution in [0.1, 0.15) is 10.4 Å². The summed E-state index contributed by atoms with van der Waals surface area (Å²) in [6.45, 7) is 1.40. The van der Waals surface area contributed by atoms with Gasteiger partial charge < -0.3 is 5.32 Å². The van der Waals surface area contributed by atoms with Crippen molar-refractivity contribution in [3.63, 3.8) is 0 Å². The van der Waals surface area contributed by atoms with Gasteiger partial charge in [0.1, 0.15) is 5.82 Å². The largest absolute Gasteiger partial charge is 0.312 e. The zero-order valence-electron chi connectivity index (χ0n) is 9.55. The van der Waals surface area contributed by atoms with Crippen molar-refractivity contribution < 1.29 is 4.39 Å². The van der Waals surface area contributed by atoms with Crippen molar-refractivity contribution >= 4 is 43.2 Å². The summed E-state index contributed by atoms with van der Waals surface area (Å²) in [6, 6.07) is 9.16. The van der Waals surface area contributed by atoms with Crippen molar-refractivity contribution in [2.24, 2.45) is 0 Å². The first-order valence-corrected chi connectivity index (χ1v) is 7.94. The van der Waals surface area contributed by atoms with Gasteiger partial charge in [0.25, 0.3) is 0 Å². The van der Waals surface area contributed by atoms with E-state index in [-0.39, 0.29) is 5.82 Å². The number of hydrogen-bond acceptors (Lipinski definition) is 2. The van der Waals surface area contributed by atoms with E-state index in [0.29, 0.717) is 12.1 Å². The van der Waals surface area contributed by atoms with Crippen LogP contribution in [-0.2, 0) is 13.0 Å². The van der Waals surface area contributed by atoms with Gasteiger partial charge in [0.15, 0.2) is 0 Å². The van der Waals surface area contributed by atoms with E-state index in [1.807, 2.05) is 12.1 Å². The van der Waals surface area contributed by atoms with Gasteiger partial charge in [-0.2, -0.15) is 0 Å². The van der Waals surface area contributed by atoms with E-state index >= 15 is 0 Å². The van der Waals surface area contributed by atoms with E-state index in [4.69, 9.17) is 0 Å². The molecule has 5 heteroatoms. The third-order valence-corrected chi connectivity index (χ3v) is 4.68. The Morgan fingerprint density at radius 3 is 2.72 bits per heavy atom. The Morgan fingerprint density at radius 2 is 2.00 bits per heavy atom. The van der Waals surface area contributed by atoms with Crippen LogP contribution in [0.5, 0.6) is 0 Å². The molecule has 0 radical (unpaired) electrons. The summed E-state index contributed by atoms with van der Waals surface area (Å²) in [4.78, 5) is 1.32. The summed E-state index contributed by atoms with van der Waals surface area (Å²) < 4.78 is 15.5. The normalized spacial score (nSPS) is 10.8. The molecule has 0 saturated carbocycles. The molecule has 0 aliphatic carbocycles. The third-order valence-electron chi connectivity index (χ3n) is 2.50. The highest BCUT2D eigenvalue weighted by Crippen LogP contribution is 2.22.